The fourth-order valence-corrected chi connectivity index (χ4v) is 2.55. The lowest BCUT2D eigenvalue weighted by atomic mass is 10.2. The van der Waals surface area contributed by atoms with Crippen molar-refractivity contribution in [3.8, 4) is 5.69 Å². The number of hydrogen-bond donors (Lipinski definition) is 1. The fourth-order valence-electron chi connectivity index (χ4n) is 2.11. The molecular formula is C16H15BrN4. The van der Waals surface area contributed by atoms with Crippen molar-refractivity contribution >= 4 is 15.9 Å². The number of nitrogens with zero attached hydrogens (tertiary/aromatic N) is 3. The number of hydrogen-bond acceptors (Lipinski definition) is 3. The second kappa shape index (κ2) is 6.65. The van der Waals surface area contributed by atoms with Gasteiger partial charge in [0.05, 0.1) is 5.69 Å². The molecule has 3 rings (SSSR count). The van der Waals surface area contributed by atoms with Gasteiger partial charge in [-0.3, -0.25) is 0 Å². The van der Waals surface area contributed by atoms with Crippen molar-refractivity contribution in [3.05, 3.63) is 76.8 Å². The lowest BCUT2D eigenvalue weighted by Gasteiger charge is -2.07. The number of benzene rings is 2. The molecule has 0 spiro atoms. The highest BCUT2D eigenvalue weighted by molar-refractivity contribution is 9.10. The molecule has 0 aliphatic rings. The minimum Gasteiger partial charge on any atom is -0.309 e. The largest absolute Gasteiger partial charge is 0.309 e. The van der Waals surface area contributed by atoms with Crippen LogP contribution in [0.5, 0.6) is 0 Å². The predicted molar refractivity (Wildman–Crippen MR) is 86.0 cm³/mol. The molecule has 0 radical (unpaired) electrons. The minimum absolute atomic E-state index is 0.837. The molecule has 0 saturated carbocycles. The van der Waals surface area contributed by atoms with E-state index in [1.165, 1.54) is 17.5 Å². The second-order valence-electron chi connectivity index (χ2n) is 4.74. The summed E-state index contributed by atoms with van der Waals surface area (Å²) in [5.74, 6) is 0. The number of nitrogens with one attached hydrogen (secondary N) is 1. The van der Waals surface area contributed by atoms with Crippen LogP contribution in [0.25, 0.3) is 5.69 Å². The Morgan fingerprint density at radius 3 is 2.52 bits per heavy atom. The average molecular weight is 343 g/mol. The maximum atomic E-state index is 4.11. The van der Waals surface area contributed by atoms with Gasteiger partial charge in [0.1, 0.15) is 12.7 Å². The Kier molecular flexibility index (Phi) is 4.43. The van der Waals surface area contributed by atoms with E-state index in [4.69, 9.17) is 0 Å². The molecule has 0 saturated heterocycles. The summed E-state index contributed by atoms with van der Waals surface area (Å²) in [6, 6.07) is 16.6. The third-order valence-electron chi connectivity index (χ3n) is 3.17. The standard InChI is InChI=1S/C16H15BrN4/c17-15-3-1-2-14(8-15)10-18-9-13-4-6-16(7-5-13)21-12-19-11-20-21/h1-8,11-12,18H,9-10H2. The SMILES string of the molecule is Brc1cccc(CNCc2ccc(-n3cncn3)cc2)c1. The van der Waals surface area contributed by atoms with E-state index in [9.17, 15) is 0 Å². The zero-order valence-electron chi connectivity index (χ0n) is 11.4. The molecule has 0 atom stereocenters. The molecule has 0 fully saturated rings. The van der Waals surface area contributed by atoms with Crippen molar-refractivity contribution in [2.45, 2.75) is 13.1 Å². The van der Waals surface area contributed by atoms with Gasteiger partial charge in [0, 0.05) is 17.6 Å². The Bertz CT molecular complexity index is 693. The molecule has 0 unspecified atom stereocenters. The van der Waals surface area contributed by atoms with Gasteiger partial charge in [-0.25, -0.2) is 9.67 Å². The number of aromatic nitrogens is 3. The van der Waals surface area contributed by atoms with Gasteiger partial charge in [0.25, 0.3) is 0 Å². The summed E-state index contributed by atoms with van der Waals surface area (Å²) in [7, 11) is 0. The highest BCUT2D eigenvalue weighted by atomic mass is 79.9. The van der Waals surface area contributed by atoms with Crippen molar-refractivity contribution in [1.29, 1.82) is 0 Å². The summed E-state index contributed by atoms with van der Waals surface area (Å²) < 4.78 is 2.86. The van der Waals surface area contributed by atoms with Crippen LogP contribution >= 0.6 is 15.9 Å². The smallest absolute Gasteiger partial charge is 0.138 e. The van der Waals surface area contributed by atoms with Gasteiger partial charge in [-0.2, -0.15) is 5.10 Å². The van der Waals surface area contributed by atoms with Gasteiger partial charge in [0.15, 0.2) is 0 Å². The third kappa shape index (κ3) is 3.77. The Morgan fingerprint density at radius 1 is 1.00 bits per heavy atom. The normalized spacial score (nSPS) is 10.7. The predicted octanol–water partition coefficient (Wildman–Crippen LogP) is 3.32. The Balaban J connectivity index is 1.56. The first kappa shape index (κ1) is 14.0. The van der Waals surface area contributed by atoms with Crippen molar-refractivity contribution in [3.63, 3.8) is 0 Å². The van der Waals surface area contributed by atoms with Gasteiger partial charge in [-0.05, 0) is 35.4 Å². The van der Waals surface area contributed by atoms with E-state index in [-0.39, 0.29) is 0 Å². The molecule has 106 valence electrons. The van der Waals surface area contributed by atoms with Crippen molar-refractivity contribution in [2.75, 3.05) is 0 Å². The van der Waals surface area contributed by atoms with Crippen LogP contribution in [-0.4, -0.2) is 14.8 Å². The molecule has 5 heteroatoms. The van der Waals surface area contributed by atoms with E-state index in [0.29, 0.717) is 0 Å². The van der Waals surface area contributed by atoms with Crippen LogP contribution in [0.4, 0.5) is 0 Å². The lowest BCUT2D eigenvalue weighted by Crippen LogP contribution is -2.12. The highest BCUT2D eigenvalue weighted by Gasteiger charge is 1.98. The van der Waals surface area contributed by atoms with Gasteiger partial charge in [-0.1, -0.05) is 40.2 Å². The highest BCUT2D eigenvalue weighted by Crippen LogP contribution is 2.12. The van der Waals surface area contributed by atoms with Crippen LogP contribution < -0.4 is 5.32 Å². The molecule has 1 N–H and O–H groups in total. The molecule has 2 aromatic carbocycles. The summed E-state index contributed by atoms with van der Waals surface area (Å²) in [4.78, 5) is 3.95. The molecule has 4 nitrogen and oxygen atoms in total. The molecular weight excluding hydrogens is 328 g/mol. The summed E-state index contributed by atoms with van der Waals surface area (Å²) in [6.07, 6.45) is 3.23. The van der Waals surface area contributed by atoms with Gasteiger partial charge in [-0.15, -0.1) is 0 Å². The monoisotopic (exact) mass is 342 g/mol. The molecule has 1 aromatic heterocycles. The van der Waals surface area contributed by atoms with Gasteiger partial charge >= 0.3 is 0 Å². The first-order valence-electron chi connectivity index (χ1n) is 6.70. The first-order valence-corrected chi connectivity index (χ1v) is 7.50. The molecule has 0 aliphatic heterocycles. The van der Waals surface area contributed by atoms with Crippen LogP contribution in [0.1, 0.15) is 11.1 Å². The van der Waals surface area contributed by atoms with E-state index in [1.807, 2.05) is 24.3 Å². The van der Waals surface area contributed by atoms with Crippen LogP contribution in [-0.2, 0) is 13.1 Å². The van der Waals surface area contributed by atoms with Crippen LogP contribution in [0.3, 0.4) is 0 Å². The van der Waals surface area contributed by atoms with Gasteiger partial charge < -0.3 is 5.32 Å². The summed E-state index contributed by atoms with van der Waals surface area (Å²) in [6.45, 7) is 1.69. The molecule has 0 amide bonds. The molecule has 21 heavy (non-hydrogen) atoms. The summed E-state index contributed by atoms with van der Waals surface area (Å²) in [5, 5.41) is 7.56. The summed E-state index contributed by atoms with van der Waals surface area (Å²) >= 11 is 3.48. The van der Waals surface area contributed by atoms with E-state index < -0.39 is 0 Å². The van der Waals surface area contributed by atoms with E-state index in [1.54, 1.807) is 11.0 Å². The molecule has 0 aliphatic carbocycles. The van der Waals surface area contributed by atoms with Crippen LogP contribution in [0.2, 0.25) is 0 Å². The molecule has 1 heterocycles. The second-order valence-corrected chi connectivity index (χ2v) is 5.66. The van der Waals surface area contributed by atoms with Crippen LogP contribution in [0, 0.1) is 0 Å². The minimum atomic E-state index is 0.837. The topological polar surface area (TPSA) is 42.7 Å². The quantitative estimate of drug-likeness (QED) is 0.773. The Labute approximate surface area is 132 Å². The van der Waals surface area contributed by atoms with Crippen molar-refractivity contribution in [1.82, 2.24) is 20.1 Å². The van der Waals surface area contributed by atoms with E-state index in [0.717, 1.165) is 23.2 Å². The maximum Gasteiger partial charge on any atom is 0.138 e. The molecule has 0 bridgehead atoms. The lowest BCUT2D eigenvalue weighted by molar-refractivity contribution is 0.693. The Morgan fingerprint density at radius 2 is 1.81 bits per heavy atom. The molecule has 3 aromatic rings. The van der Waals surface area contributed by atoms with Gasteiger partial charge in [0.2, 0.25) is 0 Å². The van der Waals surface area contributed by atoms with Crippen molar-refractivity contribution in [2.24, 2.45) is 0 Å². The van der Waals surface area contributed by atoms with E-state index >= 15 is 0 Å². The fraction of sp³-hybridized carbons (Fsp3) is 0.125. The van der Waals surface area contributed by atoms with Crippen LogP contribution in [0.15, 0.2) is 65.7 Å². The summed E-state index contributed by atoms with van der Waals surface area (Å²) in [5.41, 5.74) is 3.53. The first-order chi connectivity index (χ1) is 10.3. The number of rotatable bonds is 5. The van der Waals surface area contributed by atoms with Crippen molar-refractivity contribution < 1.29 is 0 Å². The number of halogens is 1. The maximum absolute atomic E-state index is 4.11. The average Bonchev–Trinajstić information content (AvgIpc) is 3.02. The zero-order valence-corrected chi connectivity index (χ0v) is 13.0. The van der Waals surface area contributed by atoms with E-state index in [2.05, 4.69) is 55.6 Å². The zero-order chi connectivity index (χ0) is 14.5. The third-order valence-corrected chi connectivity index (χ3v) is 3.66. The Hall–Kier alpha value is -1.98.